The average Bonchev–Trinajstić information content (AvgIpc) is 3.32. The molecule has 2 heterocycles. The molecule has 0 saturated carbocycles. The normalized spacial score (nSPS) is 11.9. The number of rotatable bonds is 9. The molecule has 8 rings (SSSR count). The molecule has 0 saturated heterocycles. The Labute approximate surface area is 381 Å². The van der Waals surface area contributed by atoms with Gasteiger partial charge in [-0.3, -0.25) is 9.78 Å². The van der Waals surface area contributed by atoms with Gasteiger partial charge in [0.1, 0.15) is 0 Å². The van der Waals surface area contributed by atoms with Gasteiger partial charge in [0.2, 0.25) is 0 Å². The molecule has 62 heavy (non-hydrogen) atoms. The molecule has 0 aliphatic rings. The van der Waals surface area contributed by atoms with Gasteiger partial charge in [0.05, 0.1) is 5.76 Å². The van der Waals surface area contributed by atoms with Crippen LogP contribution in [0.25, 0.3) is 76.5 Å². The van der Waals surface area contributed by atoms with Crippen LogP contribution in [0, 0.1) is 17.9 Å². The minimum atomic E-state index is -0.00807. The van der Waals surface area contributed by atoms with Crippen molar-refractivity contribution < 1.29 is 30.0 Å². The first kappa shape index (κ1) is 45.9. The maximum absolute atomic E-state index is 11.7. The van der Waals surface area contributed by atoms with E-state index >= 15 is 0 Å². The molecular weight excluding hydrogens is 937 g/mol. The topological polar surface area (TPSA) is 55.1 Å². The van der Waals surface area contributed by atoms with Gasteiger partial charge < -0.3 is 9.67 Å². The zero-order chi connectivity index (χ0) is 43.3. The number of para-hydroxylation sites is 2. The van der Waals surface area contributed by atoms with Crippen LogP contribution in [0.1, 0.15) is 79.7 Å². The number of nitrogens with zero attached hydrogens (tertiary/aromatic N) is 2. The Balaban J connectivity index is 0.000000346. The Morgan fingerprint density at radius 2 is 1.13 bits per heavy atom. The van der Waals surface area contributed by atoms with E-state index in [1.165, 1.54) is 60.4 Å². The third-order valence-electron chi connectivity index (χ3n) is 12.4. The van der Waals surface area contributed by atoms with E-state index in [0.29, 0.717) is 0 Å². The van der Waals surface area contributed by atoms with E-state index in [0.717, 1.165) is 53.5 Å². The Hall–Kier alpha value is -5.61. The van der Waals surface area contributed by atoms with E-state index in [-0.39, 0.29) is 48.9 Å². The number of aryl methyl sites for hydroxylation is 1. The van der Waals surface area contributed by atoms with Crippen molar-refractivity contribution >= 4 is 59.9 Å². The van der Waals surface area contributed by atoms with E-state index < -0.39 is 0 Å². The molecule has 0 spiro atoms. The summed E-state index contributed by atoms with van der Waals surface area (Å²) in [7, 11) is 2.17. The fourth-order valence-electron chi connectivity index (χ4n) is 8.78. The van der Waals surface area contributed by atoms with E-state index in [1.807, 2.05) is 33.9 Å². The zero-order valence-electron chi connectivity index (χ0n) is 37.4. The monoisotopic (exact) mass is 996 g/mol. The van der Waals surface area contributed by atoms with Crippen molar-refractivity contribution in [1.29, 1.82) is 0 Å². The van der Waals surface area contributed by atoms with Crippen LogP contribution in [0.4, 0.5) is 0 Å². The molecule has 0 fully saturated rings. The number of aromatic nitrogens is 2. The minimum Gasteiger partial charge on any atom is -0.512 e. The summed E-state index contributed by atoms with van der Waals surface area (Å²) in [6.45, 7) is 14.9. The van der Waals surface area contributed by atoms with Gasteiger partial charge in [0.25, 0.3) is 0 Å². The summed E-state index contributed by atoms with van der Waals surface area (Å²) in [5, 5.41) is 19.5. The molecule has 2 aromatic heterocycles. The van der Waals surface area contributed by atoms with Gasteiger partial charge in [0, 0.05) is 78.8 Å². The van der Waals surface area contributed by atoms with Crippen molar-refractivity contribution in [3.05, 3.63) is 163 Å². The smallest absolute Gasteiger partial charge is 0.162 e. The van der Waals surface area contributed by atoms with Crippen molar-refractivity contribution in [1.82, 2.24) is 9.55 Å². The molecule has 319 valence electrons. The molecular formula is C57H59IrN2O2-. The van der Waals surface area contributed by atoms with Crippen LogP contribution >= 0.6 is 0 Å². The van der Waals surface area contributed by atoms with Crippen molar-refractivity contribution in [2.75, 3.05) is 0 Å². The number of fused-ring (bicyclic) bond motifs is 8. The summed E-state index contributed by atoms with van der Waals surface area (Å²) < 4.78 is 2.32. The number of carbonyl (C=O) groups excluding carboxylic acids is 1. The zero-order valence-corrected chi connectivity index (χ0v) is 39.8. The van der Waals surface area contributed by atoms with Crippen molar-refractivity contribution in [2.45, 2.75) is 79.6 Å². The molecule has 1 radical (unpaired) electrons. The van der Waals surface area contributed by atoms with Crippen molar-refractivity contribution in [2.24, 2.45) is 18.9 Å². The number of aliphatic hydroxyl groups is 1. The summed E-state index contributed by atoms with van der Waals surface area (Å²) in [6.07, 6.45) is 6.84. The van der Waals surface area contributed by atoms with Crippen LogP contribution in [0.15, 0.2) is 151 Å². The fraction of sp³-hybridized carbons (Fsp3) is 0.263. The average molecular weight is 996 g/mol. The van der Waals surface area contributed by atoms with E-state index in [2.05, 4.69) is 172 Å². The van der Waals surface area contributed by atoms with E-state index in [1.54, 1.807) is 0 Å². The van der Waals surface area contributed by atoms with Gasteiger partial charge in [-0.15, -0.1) is 29.1 Å². The number of allylic oxidation sites excluding steroid dienone is 2. The molecule has 0 atom stereocenters. The van der Waals surface area contributed by atoms with Crippen LogP contribution in [-0.2, 0) is 37.4 Å². The first-order chi connectivity index (χ1) is 29.5. The standard InChI is InChI=1S/C44H35N2.C13H24O2.Ir/c1-44(2,3)40-27-32(25-31-13-5-6-14-33(31)40)41-28-30(23-24-45-41)29-21-22-36-38-18-10-12-20-43(38)46(4)42-19-11-9-17-37(42)34-15-7-8-16-35(34)39(36)26-29;1-5-10(6-2)12(14)9-13(15)11(7-3)8-4;/h5-24,26-28H,1-4H3;9-11,14H,5-8H2,1-4H3;/q-1;;/b;12-9-;. The summed E-state index contributed by atoms with van der Waals surface area (Å²) in [5.74, 6) is 0.547. The number of carbonyl (C=O) groups is 1. The molecule has 0 bridgehead atoms. The number of hydrogen-bond acceptors (Lipinski definition) is 3. The number of aliphatic hydroxyl groups excluding tert-OH is 1. The third-order valence-corrected chi connectivity index (χ3v) is 12.4. The molecule has 0 amide bonds. The second-order valence-corrected chi connectivity index (χ2v) is 17.2. The van der Waals surface area contributed by atoms with Gasteiger partial charge in [-0.2, -0.15) is 0 Å². The molecule has 8 aromatic rings. The Bertz CT molecular complexity index is 2960. The number of ketones is 1. The van der Waals surface area contributed by atoms with Crippen LogP contribution in [0.2, 0.25) is 0 Å². The van der Waals surface area contributed by atoms with Crippen LogP contribution in [0.5, 0.6) is 0 Å². The van der Waals surface area contributed by atoms with Gasteiger partial charge in [-0.05, 0) is 88.0 Å². The maximum Gasteiger partial charge on any atom is 0.162 e. The largest absolute Gasteiger partial charge is 0.512 e. The van der Waals surface area contributed by atoms with Gasteiger partial charge in [-0.25, -0.2) is 0 Å². The van der Waals surface area contributed by atoms with Gasteiger partial charge in [0.15, 0.2) is 5.78 Å². The predicted molar refractivity (Wildman–Crippen MR) is 261 cm³/mol. The van der Waals surface area contributed by atoms with E-state index in [9.17, 15) is 9.90 Å². The molecule has 1 N–H and O–H groups in total. The SMILES string of the molecule is CCC(CC)C(=O)/C=C(\O)C(CC)CC.Cn1c2ccccc2c2ccccc2c2cc(-c3ccnc(-c4[c-]c5ccccc5c(C(C)(C)C)c4)c3)ccc2c2ccccc21.[Ir]. The summed E-state index contributed by atoms with van der Waals surface area (Å²) in [4.78, 5) is 16.6. The second-order valence-electron chi connectivity index (χ2n) is 17.2. The van der Waals surface area contributed by atoms with Crippen LogP contribution in [-0.4, -0.2) is 20.4 Å². The second kappa shape index (κ2) is 20.1. The number of hydrogen-bond donors (Lipinski definition) is 1. The maximum atomic E-state index is 11.7. The summed E-state index contributed by atoms with van der Waals surface area (Å²) >= 11 is 0. The first-order valence-corrected chi connectivity index (χ1v) is 22.0. The molecule has 0 unspecified atom stereocenters. The predicted octanol–water partition coefficient (Wildman–Crippen LogP) is 15.6. The fourth-order valence-corrected chi connectivity index (χ4v) is 8.78. The summed E-state index contributed by atoms with van der Waals surface area (Å²) in [5.41, 5.74) is 7.92. The quantitative estimate of drug-likeness (QED) is 0.0891. The Morgan fingerprint density at radius 3 is 1.71 bits per heavy atom. The van der Waals surface area contributed by atoms with Crippen LogP contribution in [0.3, 0.4) is 0 Å². The van der Waals surface area contributed by atoms with Crippen molar-refractivity contribution in [3.8, 4) is 22.4 Å². The Morgan fingerprint density at radius 1 is 0.629 bits per heavy atom. The summed E-state index contributed by atoms with van der Waals surface area (Å²) in [6, 6.07) is 52.0. The number of benzene rings is 6. The van der Waals surface area contributed by atoms with E-state index in [4.69, 9.17) is 4.98 Å². The van der Waals surface area contributed by atoms with Crippen LogP contribution < -0.4 is 0 Å². The van der Waals surface area contributed by atoms with Gasteiger partial charge in [-0.1, -0.05) is 156 Å². The molecule has 0 aliphatic heterocycles. The molecule has 5 heteroatoms. The third kappa shape index (κ3) is 9.55. The minimum absolute atomic E-state index is 0. The Kier molecular flexibility index (Phi) is 14.8. The molecule has 0 aliphatic carbocycles. The first-order valence-electron chi connectivity index (χ1n) is 22.0. The van der Waals surface area contributed by atoms with Gasteiger partial charge >= 0.3 is 0 Å². The van der Waals surface area contributed by atoms with Crippen molar-refractivity contribution in [3.63, 3.8) is 0 Å². The molecule has 6 aromatic carbocycles. The number of pyridine rings is 1. The molecule has 4 nitrogen and oxygen atoms in total.